The number of hydrogen-bond donors (Lipinski definition) is 4. The molecule has 8 nitrogen and oxygen atoms in total. The van der Waals surface area contributed by atoms with Crippen molar-refractivity contribution in [2.75, 3.05) is 30.4 Å². The van der Waals surface area contributed by atoms with Crippen molar-refractivity contribution in [2.45, 2.75) is 19.8 Å². The molecule has 0 bridgehead atoms. The Kier molecular flexibility index (Phi) is 6.32. The zero-order valence-corrected chi connectivity index (χ0v) is 15.3. The molecule has 0 spiro atoms. The highest BCUT2D eigenvalue weighted by Crippen LogP contribution is 2.21. The Morgan fingerprint density at radius 2 is 2.30 bits per heavy atom. The second-order valence-electron chi connectivity index (χ2n) is 6.51. The minimum absolute atomic E-state index is 0.303. The molecule has 1 atom stereocenters. The van der Waals surface area contributed by atoms with Crippen molar-refractivity contribution < 1.29 is 9.53 Å². The van der Waals surface area contributed by atoms with Crippen LogP contribution in [0.2, 0.25) is 0 Å². The van der Waals surface area contributed by atoms with Crippen LogP contribution >= 0.6 is 0 Å². The maximum Gasteiger partial charge on any atom is 0.320 e. The number of nitrogens with one attached hydrogen (secondary N) is 4. The fourth-order valence-corrected chi connectivity index (χ4v) is 2.90. The molecule has 0 aliphatic carbocycles. The molecule has 0 saturated carbocycles. The number of carbonyl (C=O) groups is 1. The Labute approximate surface area is 158 Å². The largest absolute Gasteiger partial charge is 0.381 e. The summed E-state index contributed by atoms with van der Waals surface area (Å²) in [4.78, 5) is 20.4. The second kappa shape index (κ2) is 9.09. The van der Waals surface area contributed by atoms with E-state index in [0.717, 1.165) is 37.4 Å². The molecule has 1 unspecified atom stereocenters. The lowest BCUT2D eigenvalue weighted by Gasteiger charge is -2.12. The van der Waals surface area contributed by atoms with Gasteiger partial charge in [-0.05, 0) is 43.9 Å². The highest BCUT2D eigenvalue weighted by atomic mass is 16.5. The molecule has 142 valence electrons. The molecule has 1 saturated heterocycles. The van der Waals surface area contributed by atoms with Gasteiger partial charge in [-0.2, -0.15) is 0 Å². The minimum Gasteiger partial charge on any atom is -0.381 e. The van der Waals surface area contributed by atoms with Gasteiger partial charge < -0.3 is 20.8 Å². The fraction of sp³-hybridized carbons (Fsp3) is 0.368. The van der Waals surface area contributed by atoms with Gasteiger partial charge in [0.2, 0.25) is 0 Å². The van der Waals surface area contributed by atoms with Crippen molar-refractivity contribution in [3.63, 3.8) is 0 Å². The lowest BCUT2D eigenvalue weighted by atomic mass is 10.1. The predicted octanol–water partition coefficient (Wildman–Crippen LogP) is 3.07. The first-order chi connectivity index (χ1) is 13.1. The monoisotopic (exact) mass is 368 g/mol. The second-order valence-corrected chi connectivity index (χ2v) is 6.51. The van der Waals surface area contributed by atoms with E-state index in [4.69, 9.17) is 10.1 Å². The highest BCUT2D eigenvalue weighted by molar-refractivity contribution is 5.92. The number of urea groups is 1. The summed E-state index contributed by atoms with van der Waals surface area (Å²) in [6, 6.07) is 5.11. The molecule has 4 N–H and O–H groups in total. The van der Waals surface area contributed by atoms with Crippen LogP contribution < -0.4 is 16.0 Å². The van der Waals surface area contributed by atoms with Gasteiger partial charge in [0.25, 0.3) is 0 Å². The van der Waals surface area contributed by atoms with Gasteiger partial charge in [-0.1, -0.05) is 0 Å². The fourth-order valence-electron chi connectivity index (χ4n) is 2.90. The van der Waals surface area contributed by atoms with E-state index in [9.17, 15) is 4.79 Å². The van der Waals surface area contributed by atoms with Crippen LogP contribution in [0.4, 0.5) is 22.0 Å². The number of carbonyl (C=O) groups excluding carboxylic acids is 1. The van der Waals surface area contributed by atoms with Crippen LogP contribution in [-0.4, -0.2) is 42.0 Å². The predicted molar refractivity (Wildman–Crippen MR) is 105 cm³/mol. The van der Waals surface area contributed by atoms with Crippen molar-refractivity contribution >= 4 is 29.4 Å². The first-order valence-corrected chi connectivity index (χ1v) is 8.97. The summed E-state index contributed by atoms with van der Waals surface area (Å²) in [6.07, 6.45) is 6.50. The van der Waals surface area contributed by atoms with E-state index in [1.165, 1.54) is 6.21 Å². The maximum atomic E-state index is 12.0. The number of aryl methyl sites for hydroxylation is 1. The number of amides is 2. The third kappa shape index (κ3) is 5.49. The van der Waals surface area contributed by atoms with Crippen molar-refractivity contribution in [1.29, 1.82) is 5.41 Å². The molecule has 0 aromatic carbocycles. The van der Waals surface area contributed by atoms with E-state index < -0.39 is 0 Å². The average Bonchev–Trinajstić information content (AvgIpc) is 3.16. The van der Waals surface area contributed by atoms with Gasteiger partial charge in [0.15, 0.2) is 0 Å². The standard InChI is InChI=1S/C19H24N6O2/c1-13-8-16(3-6-21-13)24-17-11-23-18(9-15(17)10-20)25-19(26)22-5-2-14-4-7-27-12-14/h3,6,8-11,14,20H,2,4-5,7,12H2,1H3,(H,21,24)(H2,22,23,25,26). The molecular formula is C19H24N6O2. The number of hydrogen-bond acceptors (Lipinski definition) is 6. The average molecular weight is 368 g/mol. The molecule has 3 heterocycles. The number of anilines is 3. The number of ether oxygens (including phenoxy) is 1. The first-order valence-electron chi connectivity index (χ1n) is 8.97. The molecule has 1 fully saturated rings. The van der Waals surface area contributed by atoms with Gasteiger partial charge in [0, 0.05) is 49.1 Å². The van der Waals surface area contributed by atoms with E-state index in [1.807, 2.05) is 19.1 Å². The SMILES string of the molecule is Cc1cc(Nc2cnc(NC(=O)NCCC3CCOC3)cc2C=N)ccn1. The molecule has 0 radical (unpaired) electrons. The molecular weight excluding hydrogens is 344 g/mol. The summed E-state index contributed by atoms with van der Waals surface area (Å²) < 4.78 is 5.33. The third-order valence-electron chi connectivity index (χ3n) is 4.37. The molecule has 1 aliphatic rings. The topological polar surface area (TPSA) is 112 Å². The number of nitrogens with zero attached hydrogens (tertiary/aromatic N) is 2. The van der Waals surface area contributed by atoms with Gasteiger partial charge in [-0.25, -0.2) is 9.78 Å². The molecule has 8 heteroatoms. The van der Waals surface area contributed by atoms with Crippen molar-refractivity contribution in [3.8, 4) is 0 Å². The van der Waals surface area contributed by atoms with Gasteiger partial charge in [0.1, 0.15) is 5.82 Å². The maximum absolute atomic E-state index is 12.0. The Morgan fingerprint density at radius 1 is 1.41 bits per heavy atom. The molecule has 3 rings (SSSR count). The van der Waals surface area contributed by atoms with Crippen molar-refractivity contribution in [1.82, 2.24) is 15.3 Å². The molecule has 1 aliphatic heterocycles. The number of aromatic nitrogens is 2. The van der Waals surface area contributed by atoms with Crippen molar-refractivity contribution in [3.05, 3.63) is 41.9 Å². The molecule has 2 aromatic rings. The molecule has 27 heavy (non-hydrogen) atoms. The Morgan fingerprint density at radius 3 is 3.04 bits per heavy atom. The summed E-state index contributed by atoms with van der Waals surface area (Å²) in [7, 11) is 0. The Hall–Kier alpha value is -3.00. The van der Waals surface area contributed by atoms with E-state index in [2.05, 4.69) is 25.9 Å². The van der Waals surface area contributed by atoms with Gasteiger partial charge >= 0.3 is 6.03 Å². The van der Waals surface area contributed by atoms with Crippen LogP contribution in [-0.2, 0) is 4.74 Å². The zero-order chi connectivity index (χ0) is 19.1. The zero-order valence-electron chi connectivity index (χ0n) is 15.3. The third-order valence-corrected chi connectivity index (χ3v) is 4.37. The Balaban J connectivity index is 1.56. The highest BCUT2D eigenvalue weighted by Gasteiger charge is 2.15. The lowest BCUT2D eigenvalue weighted by molar-refractivity contribution is 0.184. The first kappa shape index (κ1) is 18.8. The summed E-state index contributed by atoms with van der Waals surface area (Å²) >= 11 is 0. The molecule has 2 amide bonds. The van der Waals surface area contributed by atoms with Crippen LogP contribution in [0.25, 0.3) is 0 Å². The lowest BCUT2D eigenvalue weighted by Crippen LogP contribution is -2.31. The van der Waals surface area contributed by atoms with Crippen molar-refractivity contribution in [2.24, 2.45) is 5.92 Å². The quantitative estimate of drug-likeness (QED) is 0.561. The number of rotatable bonds is 7. The van der Waals surface area contributed by atoms with E-state index in [0.29, 0.717) is 29.5 Å². The summed E-state index contributed by atoms with van der Waals surface area (Å²) in [5, 5.41) is 16.4. The summed E-state index contributed by atoms with van der Waals surface area (Å²) in [5.41, 5.74) is 3.06. The van der Waals surface area contributed by atoms with E-state index in [1.54, 1.807) is 18.5 Å². The van der Waals surface area contributed by atoms with Crippen LogP contribution in [0, 0.1) is 18.3 Å². The van der Waals surface area contributed by atoms with Gasteiger partial charge in [0.05, 0.1) is 11.9 Å². The van der Waals surface area contributed by atoms with Crippen LogP contribution in [0.3, 0.4) is 0 Å². The Bertz CT molecular complexity index is 805. The van der Waals surface area contributed by atoms with Crippen LogP contribution in [0.1, 0.15) is 24.1 Å². The summed E-state index contributed by atoms with van der Waals surface area (Å²) in [6.45, 7) is 4.09. The van der Waals surface area contributed by atoms with Gasteiger partial charge in [-0.3, -0.25) is 10.3 Å². The minimum atomic E-state index is -0.303. The van der Waals surface area contributed by atoms with Crippen LogP contribution in [0.15, 0.2) is 30.6 Å². The van der Waals surface area contributed by atoms with E-state index in [-0.39, 0.29) is 6.03 Å². The smallest absolute Gasteiger partial charge is 0.320 e. The van der Waals surface area contributed by atoms with Crippen LogP contribution in [0.5, 0.6) is 0 Å². The molecule has 2 aromatic heterocycles. The number of pyridine rings is 2. The summed E-state index contributed by atoms with van der Waals surface area (Å²) in [5.74, 6) is 0.918. The normalized spacial score (nSPS) is 16.0. The van der Waals surface area contributed by atoms with Gasteiger partial charge in [-0.15, -0.1) is 0 Å². The van der Waals surface area contributed by atoms with E-state index >= 15 is 0 Å².